The van der Waals surface area contributed by atoms with E-state index in [1.807, 2.05) is 12.1 Å². The molecule has 1 aromatic rings. The van der Waals surface area contributed by atoms with Crippen LogP contribution in [0.1, 0.15) is 19.6 Å². The van der Waals surface area contributed by atoms with Crippen LogP contribution in [0.5, 0.6) is 0 Å². The van der Waals surface area contributed by atoms with Gasteiger partial charge >= 0.3 is 0 Å². The van der Waals surface area contributed by atoms with Gasteiger partial charge in [0.1, 0.15) is 5.76 Å². The van der Waals surface area contributed by atoms with Crippen LogP contribution in [0.3, 0.4) is 0 Å². The average molecular weight is 333 g/mol. The number of aliphatic imine (C=N–C) groups is 1. The van der Waals surface area contributed by atoms with Crippen LogP contribution in [0.2, 0.25) is 0 Å². The van der Waals surface area contributed by atoms with Gasteiger partial charge in [0.05, 0.1) is 6.26 Å². The Morgan fingerprint density at radius 1 is 1.29 bits per heavy atom. The molecule has 24 heavy (non-hydrogen) atoms. The van der Waals surface area contributed by atoms with Gasteiger partial charge in [0.2, 0.25) is 0 Å². The first-order valence-corrected chi connectivity index (χ1v) is 9.21. The van der Waals surface area contributed by atoms with Gasteiger partial charge in [-0.1, -0.05) is 13.8 Å². The number of fused-ring (bicyclic) bond motifs is 3. The van der Waals surface area contributed by atoms with Crippen LogP contribution >= 0.6 is 0 Å². The molecule has 1 atom stereocenters. The first-order valence-electron chi connectivity index (χ1n) is 9.21. The van der Waals surface area contributed by atoms with Crippen molar-refractivity contribution in [1.82, 2.24) is 20.4 Å². The maximum absolute atomic E-state index is 5.39. The quantitative estimate of drug-likeness (QED) is 0.576. The molecule has 1 unspecified atom stereocenters. The van der Waals surface area contributed by atoms with Crippen LogP contribution < -0.4 is 10.6 Å². The molecule has 4 rings (SSSR count). The number of guanidine groups is 1. The molecule has 2 N–H and O–H groups in total. The number of hydrogen-bond donors (Lipinski definition) is 2. The van der Waals surface area contributed by atoms with Crippen molar-refractivity contribution in [2.75, 3.05) is 52.4 Å². The fraction of sp³-hybridized carbons (Fsp3) is 0.722. The Kier molecular flexibility index (Phi) is 6.15. The summed E-state index contributed by atoms with van der Waals surface area (Å²) in [7, 11) is 0. The third-order valence-electron chi connectivity index (χ3n) is 4.76. The Labute approximate surface area is 145 Å². The molecule has 3 fully saturated rings. The lowest BCUT2D eigenvalue weighted by molar-refractivity contribution is 0.0154. The predicted octanol–water partition coefficient (Wildman–Crippen LogP) is 1.01. The minimum atomic E-state index is 0.564. The van der Waals surface area contributed by atoms with E-state index in [2.05, 4.69) is 34.3 Å². The summed E-state index contributed by atoms with van der Waals surface area (Å²) in [4.78, 5) is 9.90. The zero-order valence-corrected chi connectivity index (χ0v) is 15.0. The van der Waals surface area contributed by atoms with E-state index in [0.29, 0.717) is 12.0 Å². The van der Waals surface area contributed by atoms with Gasteiger partial charge in [0, 0.05) is 64.8 Å². The first-order chi connectivity index (χ1) is 11.7. The van der Waals surface area contributed by atoms with Crippen molar-refractivity contribution in [2.24, 2.45) is 10.9 Å². The molecular formula is C18H31N5O. The highest BCUT2D eigenvalue weighted by molar-refractivity contribution is 5.79. The monoisotopic (exact) mass is 333 g/mol. The summed E-state index contributed by atoms with van der Waals surface area (Å²) >= 11 is 0. The maximum Gasteiger partial charge on any atom is 0.191 e. The third kappa shape index (κ3) is 4.98. The second kappa shape index (κ2) is 8.53. The lowest BCUT2D eigenvalue weighted by Crippen LogP contribution is -2.63. The highest BCUT2D eigenvalue weighted by Gasteiger charge is 2.31. The second-order valence-corrected chi connectivity index (χ2v) is 7.21. The van der Waals surface area contributed by atoms with E-state index in [1.165, 1.54) is 32.7 Å². The number of rotatable bonds is 7. The van der Waals surface area contributed by atoms with Gasteiger partial charge in [-0.2, -0.15) is 0 Å². The summed E-state index contributed by atoms with van der Waals surface area (Å²) in [6, 6.07) is 4.55. The van der Waals surface area contributed by atoms with E-state index in [4.69, 9.17) is 9.41 Å². The van der Waals surface area contributed by atoms with Gasteiger partial charge in [-0.3, -0.25) is 14.8 Å². The number of piperazine rings is 3. The van der Waals surface area contributed by atoms with Gasteiger partial charge < -0.3 is 15.1 Å². The Hall–Kier alpha value is -1.53. The largest absolute Gasteiger partial charge is 0.469 e. The van der Waals surface area contributed by atoms with E-state index in [-0.39, 0.29) is 0 Å². The summed E-state index contributed by atoms with van der Waals surface area (Å²) in [5.74, 6) is 2.50. The summed E-state index contributed by atoms with van der Waals surface area (Å²) in [6.07, 6.45) is 2.60. The van der Waals surface area contributed by atoms with Crippen molar-refractivity contribution in [2.45, 2.75) is 26.3 Å². The van der Waals surface area contributed by atoms with Crippen LogP contribution in [0.4, 0.5) is 0 Å². The van der Waals surface area contributed by atoms with E-state index >= 15 is 0 Å². The Balaban J connectivity index is 1.47. The van der Waals surface area contributed by atoms with Crippen molar-refractivity contribution in [3.8, 4) is 0 Å². The highest BCUT2D eigenvalue weighted by Crippen LogP contribution is 2.14. The summed E-state index contributed by atoms with van der Waals surface area (Å²) in [5.41, 5.74) is 0. The van der Waals surface area contributed by atoms with Gasteiger partial charge in [0.25, 0.3) is 0 Å². The summed E-state index contributed by atoms with van der Waals surface area (Å²) in [5, 5.41) is 6.99. The van der Waals surface area contributed by atoms with E-state index in [1.54, 1.807) is 6.26 Å². The lowest BCUT2D eigenvalue weighted by atomic mass is 10.1. The smallest absolute Gasteiger partial charge is 0.191 e. The standard InChI is InChI=1S/C18H31N5O/c1-15(2)12-20-18(19-6-5-17-4-3-11-24-17)21-13-16-14-22-7-9-23(16)10-8-22/h3-4,11,15-16H,5-10,12-14H2,1-2H3,(H2,19,20,21). The summed E-state index contributed by atoms with van der Waals surface area (Å²) < 4.78 is 5.39. The molecule has 0 amide bonds. The number of hydrogen-bond acceptors (Lipinski definition) is 4. The number of nitrogens with zero attached hydrogens (tertiary/aromatic N) is 3. The molecule has 1 aromatic heterocycles. The first kappa shape index (κ1) is 17.3. The van der Waals surface area contributed by atoms with Crippen molar-refractivity contribution in [3.05, 3.63) is 24.2 Å². The molecule has 6 heteroatoms. The van der Waals surface area contributed by atoms with Crippen molar-refractivity contribution >= 4 is 5.96 Å². The normalized spacial score (nSPS) is 26.8. The fourth-order valence-corrected chi connectivity index (χ4v) is 3.34. The van der Waals surface area contributed by atoms with Gasteiger partial charge in [-0.25, -0.2) is 0 Å². The van der Waals surface area contributed by atoms with Gasteiger partial charge in [-0.15, -0.1) is 0 Å². The van der Waals surface area contributed by atoms with Crippen LogP contribution in [0, 0.1) is 5.92 Å². The molecular weight excluding hydrogens is 302 g/mol. The molecule has 0 radical (unpaired) electrons. The topological polar surface area (TPSA) is 56.0 Å². The lowest BCUT2D eigenvalue weighted by Gasteiger charge is -2.47. The molecule has 2 bridgehead atoms. The minimum absolute atomic E-state index is 0.564. The highest BCUT2D eigenvalue weighted by atomic mass is 16.3. The second-order valence-electron chi connectivity index (χ2n) is 7.21. The van der Waals surface area contributed by atoms with Crippen molar-refractivity contribution in [3.63, 3.8) is 0 Å². The van der Waals surface area contributed by atoms with E-state index in [0.717, 1.165) is 37.8 Å². The van der Waals surface area contributed by atoms with Crippen LogP contribution in [-0.4, -0.2) is 74.2 Å². The molecule has 0 spiro atoms. The molecule has 3 aliphatic rings. The SMILES string of the molecule is CC(C)CN=C(NCCc1ccco1)NCC1CN2CCN1CC2. The number of furan rings is 1. The molecule has 6 nitrogen and oxygen atoms in total. The average Bonchev–Trinajstić information content (AvgIpc) is 3.11. The van der Waals surface area contributed by atoms with Crippen molar-refractivity contribution in [1.29, 1.82) is 0 Å². The molecule has 0 aliphatic carbocycles. The predicted molar refractivity (Wildman–Crippen MR) is 97.4 cm³/mol. The molecule has 0 aromatic carbocycles. The van der Waals surface area contributed by atoms with Crippen LogP contribution in [0.15, 0.2) is 27.8 Å². The minimum Gasteiger partial charge on any atom is -0.469 e. The van der Waals surface area contributed by atoms with E-state index in [9.17, 15) is 0 Å². The van der Waals surface area contributed by atoms with Gasteiger partial charge in [-0.05, 0) is 18.1 Å². The zero-order valence-electron chi connectivity index (χ0n) is 15.0. The van der Waals surface area contributed by atoms with E-state index < -0.39 is 0 Å². The fourth-order valence-electron chi connectivity index (χ4n) is 3.34. The van der Waals surface area contributed by atoms with Gasteiger partial charge in [0.15, 0.2) is 5.96 Å². The molecule has 3 aliphatic heterocycles. The Morgan fingerprint density at radius 3 is 2.75 bits per heavy atom. The van der Waals surface area contributed by atoms with Crippen LogP contribution in [0.25, 0.3) is 0 Å². The molecule has 4 heterocycles. The Bertz CT molecular complexity index is 505. The zero-order chi connectivity index (χ0) is 16.8. The third-order valence-corrected chi connectivity index (χ3v) is 4.76. The number of nitrogens with one attached hydrogen (secondary N) is 2. The van der Waals surface area contributed by atoms with Crippen LogP contribution in [-0.2, 0) is 6.42 Å². The summed E-state index contributed by atoms with van der Waals surface area (Å²) in [6.45, 7) is 13.1. The Morgan fingerprint density at radius 2 is 2.12 bits per heavy atom. The van der Waals surface area contributed by atoms with Crippen molar-refractivity contribution < 1.29 is 4.42 Å². The maximum atomic E-state index is 5.39. The molecule has 134 valence electrons. The molecule has 0 saturated carbocycles. The molecule has 3 saturated heterocycles.